The summed E-state index contributed by atoms with van der Waals surface area (Å²) in [5.74, 6) is -0.409. The number of rotatable bonds is 7. The first-order valence-electron chi connectivity index (χ1n) is 9.34. The normalized spacial score (nSPS) is 11.5. The van der Waals surface area contributed by atoms with Crippen LogP contribution in [0.4, 0.5) is 15.8 Å². The monoisotopic (exact) mass is 502 g/mol. The van der Waals surface area contributed by atoms with Crippen molar-refractivity contribution in [2.45, 2.75) is 17.1 Å². The SMILES string of the molecule is COc1ccc(C(=O)Nc2cccc(SC(C)C(=O)Nc3ccc(Br)cc3F)c2)cc1. The lowest BCUT2D eigenvalue weighted by Crippen LogP contribution is -2.23. The molecule has 1 unspecified atom stereocenters. The van der Waals surface area contributed by atoms with Gasteiger partial charge in [0.1, 0.15) is 11.6 Å². The van der Waals surface area contributed by atoms with Gasteiger partial charge in [0.15, 0.2) is 0 Å². The van der Waals surface area contributed by atoms with Crippen molar-refractivity contribution in [3.63, 3.8) is 0 Å². The fourth-order valence-corrected chi connectivity index (χ4v) is 3.94. The molecule has 0 radical (unpaired) electrons. The van der Waals surface area contributed by atoms with Gasteiger partial charge in [0.25, 0.3) is 5.91 Å². The number of nitrogens with one attached hydrogen (secondary N) is 2. The van der Waals surface area contributed by atoms with E-state index in [9.17, 15) is 14.0 Å². The molecule has 3 aromatic rings. The van der Waals surface area contributed by atoms with Crippen molar-refractivity contribution >= 4 is 50.9 Å². The van der Waals surface area contributed by atoms with Crippen LogP contribution in [0.5, 0.6) is 5.75 Å². The first-order valence-corrected chi connectivity index (χ1v) is 11.0. The van der Waals surface area contributed by atoms with Crippen LogP contribution in [0.2, 0.25) is 0 Å². The number of amides is 2. The molecule has 31 heavy (non-hydrogen) atoms. The minimum Gasteiger partial charge on any atom is -0.497 e. The van der Waals surface area contributed by atoms with Crippen LogP contribution in [0, 0.1) is 5.82 Å². The molecule has 5 nitrogen and oxygen atoms in total. The molecule has 0 heterocycles. The van der Waals surface area contributed by atoms with E-state index >= 15 is 0 Å². The van der Waals surface area contributed by atoms with Crippen LogP contribution >= 0.6 is 27.7 Å². The lowest BCUT2D eigenvalue weighted by atomic mass is 10.2. The van der Waals surface area contributed by atoms with E-state index in [0.29, 0.717) is 21.5 Å². The maximum Gasteiger partial charge on any atom is 0.255 e. The third-order valence-corrected chi connectivity index (χ3v) is 5.90. The van der Waals surface area contributed by atoms with Crippen molar-refractivity contribution in [2.75, 3.05) is 17.7 Å². The number of carbonyl (C=O) groups is 2. The molecule has 0 bridgehead atoms. The largest absolute Gasteiger partial charge is 0.497 e. The lowest BCUT2D eigenvalue weighted by Gasteiger charge is -2.13. The second-order valence-electron chi connectivity index (χ2n) is 6.58. The molecule has 0 aliphatic heterocycles. The Labute approximate surface area is 192 Å². The van der Waals surface area contributed by atoms with Gasteiger partial charge in [0.05, 0.1) is 18.0 Å². The van der Waals surface area contributed by atoms with Gasteiger partial charge in [-0.25, -0.2) is 4.39 Å². The van der Waals surface area contributed by atoms with Gasteiger partial charge in [-0.1, -0.05) is 22.0 Å². The smallest absolute Gasteiger partial charge is 0.255 e. The molecule has 0 aliphatic carbocycles. The first kappa shape index (κ1) is 22.8. The average Bonchev–Trinajstić information content (AvgIpc) is 2.76. The van der Waals surface area contributed by atoms with Crippen LogP contribution in [-0.2, 0) is 4.79 Å². The van der Waals surface area contributed by atoms with E-state index in [1.807, 2.05) is 6.07 Å². The molecule has 8 heteroatoms. The minimum atomic E-state index is -0.511. The van der Waals surface area contributed by atoms with E-state index in [2.05, 4.69) is 26.6 Å². The Morgan fingerprint density at radius 3 is 2.45 bits per heavy atom. The van der Waals surface area contributed by atoms with Gasteiger partial charge in [-0.2, -0.15) is 0 Å². The van der Waals surface area contributed by atoms with Crippen LogP contribution in [0.25, 0.3) is 0 Å². The number of methoxy groups -OCH3 is 1. The molecule has 1 atom stereocenters. The van der Waals surface area contributed by atoms with Crippen molar-refractivity contribution in [3.05, 3.63) is 82.6 Å². The molecule has 0 aliphatic rings. The molecule has 0 saturated heterocycles. The van der Waals surface area contributed by atoms with E-state index in [1.54, 1.807) is 62.6 Å². The maximum absolute atomic E-state index is 14.0. The summed E-state index contributed by atoms with van der Waals surface area (Å²) in [6, 6.07) is 18.5. The molecule has 3 aromatic carbocycles. The number of hydrogen-bond donors (Lipinski definition) is 2. The number of hydrogen-bond acceptors (Lipinski definition) is 4. The molecular weight excluding hydrogens is 483 g/mol. The summed E-state index contributed by atoms with van der Waals surface area (Å²) in [7, 11) is 1.56. The van der Waals surface area contributed by atoms with Gasteiger partial charge in [0.2, 0.25) is 5.91 Å². The number of ether oxygens (including phenoxy) is 1. The van der Waals surface area contributed by atoms with Gasteiger partial charge < -0.3 is 15.4 Å². The highest BCUT2D eigenvalue weighted by Crippen LogP contribution is 2.28. The summed E-state index contributed by atoms with van der Waals surface area (Å²) in [6.07, 6.45) is 0. The molecule has 0 saturated carbocycles. The highest BCUT2D eigenvalue weighted by molar-refractivity contribution is 9.10. The Morgan fingerprint density at radius 2 is 1.77 bits per heavy atom. The van der Waals surface area contributed by atoms with Gasteiger partial charge >= 0.3 is 0 Å². The molecule has 0 aromatic heterocycles. The number of halogens is 2. The third-order valence-electron chi connectivity index (χ3n) is 4.32. The van der Waals surface area contributed by atoms with Crippen LogP contribution < -0.4 is 15.4 Å². The lowest BCUT2D eigenvalue weighted by molar-refractivity contribution is -0.115. The molecular formula is C23H20BrFN2O3S. The van der Waals surface area contributed by atoms with E-state index < -0.39 is 11.1 Å². The predicted molar refractivity (Wildman–Crippen MR) is 125 cm³/mol. The summed E-state index contributed by atoms with van der Waals surface area (Å²) in [5.41, 5.74) is 1.24. The molecule has 0 spiro atoms. The summed E-state index contributed by atoms with van der Waals surface area (Å²) in [6.45, 7) is 1.74. The number of thioether (sulfide) groups is 1. The molecule has 2 N–H and O–H groups in total. The number of anilines is 2. The highest BCUT2D eigenvalue weighted by atomic mass is 79.9. The summed E-state index contributed by atoms with van der Waals surface area (Å²) >= 11 is 4.50. The number of benzene rings is 3. The summed E-state index contributed by atoms with van der Waals surface area (Å²) in [4.78, 5) is 25.7. The van der Waals surface area contributed by atoms with Gasteiger partial charge in [-0.3, -0.25) is 9.59 Å². The summed E-state index contributed by atoms with van der Waals surface area (Å²) in [5, 5.41) is 4.97. The maximum atomic E-state index is 14.0. The van der Waals surface area contributed by atoms with Gasteiger partial charge in [-0.15, -0.1) is 11.8 Å². The van der Waals surface area contributed by atoms with Crippen molar-refractivity contribution < 1.29 is 18.7 Å². The fourth-order valence-electron chi connectivity index (χ4n) is 2.68. The van der Waals surface area contributed by atoms with Crippen molar-refractivity contribution in [1.29, 1.82) is 0 Å². The zero-order valence-corrected chi connectivity index (χ0v) is 19.2. The van der Waals surface area contributed by atoms with Gasteiger partial charge in [-0.05, 0) is 67.6 Å². The standard InChI is InChI=1S/C23H20BrFN2O3S/c1-14(22(28)27-21-11-8-16(24)12-20(21)25)31-19-5-3-4-17(13-19)26-23(29)15-6-9-18(30-2)10-7-15/h3-14H,1-2H3,(H,26,29)(H,27,28). The van der Waals surface area contributed by atoms with Crippen LogP contribution in [0.15, 0.2) is 76.1 Å². The second-order valence-corrected chi connectivity index (χ2v) is 8.91. The first-order chi connectivity index (χ1) is 14.9. The zero-order valence-electron chi connectivity index (χ0n) is 16.8. The molecule has 2 amide bonds. The van der Waals surface area contributed by atoms with Crippen molar-refractivity contribution in [2.24, 2.45) is 0 Å². The Balaban J connectivity index is 1.62. The second kappa shape index (κ2) is 10.5. The number of carbonyl (C=O) groups excluding carboxylic acids is 2. The van der Waals surface area contributed by atoms with Crippen molar-refractivity contribution in [1.82, 2.24) is 0 Å². The summed E-state index contributed by atoms with van der Waals surface area (Å²) < 4.78 is 19.7. The van der Waals surface area contributed by atoms with Crippen LogP contribution in [0.3, 0.4) is 0 Å². The van der Waals surface area contributed by atoms with Gasteiger partial charge in [0, 0.05) is 20.6 Å². The third kappa shape index (κ3) is 6.32. The molecule has 160 valence electrons. The highest BCUT2D eigenvalue weighted by Gasteiger charge is 2.17. The van der Waals surface area contributed by atoms with Crippen LogP contribution in [0.1, 0.15) is 17.3 Å². The Hall–Kier alpha value is -2.84. The minimum absolute atomic E-state index is 0.126. The van der Waals surface area contributed by atoms with Crippen LogP contribution in [-0.4, -0.2) is 24.2 Å². The van der Waals surface area contributed by atoms with E-state index in [-0.39, 0.29) is 17.5 Å². The van der Waals surface area contributed by atoms with E-state index in [1.165, 1.54) is 23.9 Å². The van der Waals surface area contributed by atoms with E-state index in [4.69, 9.17) is 4.74 Å². The predicted octanol–water partition coefficient (Wildman–Crippen LogP) is 5.97. The quantitative estimate of drug-likeness (QED) is 0.390. The average molecular weight is 503 g/mol. The Kier molecular flexibility index (Phi) is 7.70. The molecule has 0 fully saturated rings. The Bertz CT molecular complexity index is 1090. The molecule has 3 rings (SSSR count). The van der Waals surface area contributed by atoms with E-state index in [0.717, 1.165) is 4.90 Å². The fraction of sp³-hybridized carbons (Fsp3) is 0.130. The van der Waals surface area contributed by atoms with Crippen molar-refractivity contribution in [3.8, 4) is 5.75 Å². The topological polar surface area (TPSA) is 67.4 Å². The zero-order chi connectivity index (χ0) is 22.4. The Morgan fingerprint density at radius 1 is 1.03 bits per heavy atom.